The molecule has 200 valence electrons. The molecule has 2 aromatic rings. The van der Waals surface area contributed by atoms with Gasteiger partial charge in [0.25, 0.3) is 0 Å². The van der Waals surface area contributed by atoms with Gasteiger partial charge in [-0.1, -0.05) is 49.6 Å². The summed E-state index contributed by atoms with van der Waals surface area (Å²) in [5.41, 5.74) is 1.32. The predicted molar refractivity (Wildman–Crippen MR) is 141 cm³/mol. The first kappa shape index (κ1) is 26.8. The van der Waals surface area contributed by atoms with Gasteiger partial charge in [0.05, 0.1) is 11.9 Å². The number of carbonyl (C=O) groups is 2. The van der Waals surface area contributed by atoms with E-state index >= 15 is 0 Å². The zero-order valence-corrected chi connectivity index (χ0v) is 22.2. The summed E-state index contributed by atoms with van der Waals surface area (Å²) >= 11 is 0. The van der Waals surface area contributed by atoms with Crippen molar-refractivity contribution in [1.82, 2.24) is 10.2 Å². The molecule has 1 unspecified atom stereocenters. The van der Waals surface area contributed by atoms with Crippen LogP contribution < -0.4 is 19.1 Å². The Balaban J connectivity index is 1.54. The molecule has 4 rings (SSSR count). The zero-order valence-electron chi connectivity index (χ0n) is 21.4. The Bertz CT molecular complexity index is 1200. The average molecular weight is 530 g/mol. The van der Waals surface area contributed by atoms with Crippen LogP contribution in [0.15, 0.2) is 48.5 Å². The summed E-state index contributed by atoms with van der Waals surface area (Å²) in [4.78, 5) is 28.3. The molecule has 1 N–H and O–H groups in total. The van der Waals surface area contributed by atoms with E-state index in [1.807, 2.05) is 30.3 Å². The van der Waals surface area contributed by atoms with Crippen molar-refractivity contribution in [2.24, 2.45) is 0 Å². The van der Waals surface area contributed by atoms with E-state index in [4.69, 9.17) is 9.47 Å². The molecule has 0 radical (unpaired) electrons. The number of amides is 2. The van der Waals surface area contributed by atoms with Crippen LogP contribution in [0, 0.1) is 0 Å². The number of rotatable bonds is 10. The Morgan fingerprint density at radius 3 is 2.43 bits per heavy atom. The summed E-state index contributed by atoms with van der Waals surface area (Å²) in [6.07, 6.45) is 6.79. The normalized spacial score (nSPS) is 16.2. The molecule has 1 heterocycles. The van der Waals surface area contributed by atoms with Crippen molar-refractivity contribution in [2.45, 2.75) is 57.5 Å². The lowest BCUT2D eigenvalue weighted by atomic mass is 9.95. The van der Waals surface area contributed by atoms with Gasteiger partial charge in [-0.2, -0.15) is 0 Å². The molecule has 0 aromatic heterocycles. The zero-order chi connectivity index (χ0) is 26.4. The molecule has 1 atom stereocenters. The summed E-state index contributed by atoms with van der Waals surface area (Å²) in [7, 11) is -3.81. The van der Waals surface area contributed by atoms with Crippen LogP contribution in [-0.2, 0) is 26.0 Å². The van der Waals surface area contributed by atoms with Crippen molar-refractivity contribution in [3.8, 4) is 11.5 Å². The van der Waals surface area contributed by atoms with E-state index in [2.05, 4.69) is 5.32 Å². The Morgan fingerprint density at radius 1 is 1.03 bits per heavy atom. The highest BCUT2D eigenvalue weighted by molar-refractivity contribution is 7.92. The summed E-state index contributed by atoms with van der Waals surface area (Å²) in [5, 5.41) is 3.10. The molecule has 0 saturated heterocycles. The number of nitrogens with one attached hydrogen (secondary N) is 1. The van der Waals surface area contributed by atoms with Crippen molar-refractivity contribution in [3.63, 3.8) is 0 Å². The third kappa shape index (κ3) is 6.94. The van der Waals surface area contributed by atoms with Gasteiger partial charge in [0.15, 0.2) is 11.5 Å². The van der Waals surface area contributed by atoms with Gasteiger partial charge in [0.1, 0.15) is 12.6 Å². The number of hydrogen-bond acceptors (Lipinski definition) is 6. The van der Waals surface area contributed by atoms with E-state index in [1.54, 1.807) is 25.1 Å². The highest BCUT2D eigenvalue weighted by atomic mass is 32.2. The van der Waals surface area contributed by atoms with Crippen molar-refractivity contribution in [1.29, 1.82) is 0 Å². The Kier molecular flexibility index (Phi) is 8.58. The van der Waals surface area contributed by atoms with Crippen LogP contribution >= 0.6 is 0 Å². The summed E-state index contributed by atoms with van der Waals surface area (Å²) < 4.78 is 37.2. The smallest absolute Gasteiger partial charge is 0.244 e. The number of sulfonamides is 1. The Hall–Kier alpha value is -3.27. The molecular weight excluding hydrogens is 494 g/mol. The summed E-state index contributed by atoms with van der Waals surface area (Å²) in [5.74, 6) is 0.258. The van der Waals surface area contributed by atoms with Gasteiger partial charge in [-0.3, -0.25) is 13.9 Å². The number of nitrogens with zero attached hydrogens (tertiary/aromatic N) is 2. The van der Waals surface area contributed by atoms with Gasteiger partial charge in [-0.15, -0.1) is 0 Å². The minimum absolute atomic E-state index is 0.0531. The van der Waals surface area contributed by atoms with Crippen LogP contribution in [0.2, 0.25) is 0 Å². The lowest BCUT2D eigenvalue weighted by Gasteiger charge is -2.33. The van der Waals surface area contributed by atoms with E-state index in [0.29, 0.717) is 23.6 Å². The topological polar surface area (TPSA) is 105 Å². The van der Waals surface area contributed by atoms with Gasteiger partial charge in [0.2, 0.25) is 28.6 Å². The number of benzene rings is 2. The first-order valence-corrected chi connectivity index (χ1v) is 14.6. The van der Waals surface area contributed by atoms with Crippen molar-refractivity contribution in [2.75, 3.05) is 30.4 Å². The lowest BCUT2D eigenvalue weighted by molar-refractivity contribution is -0.139. The minimum atomic E-state index is -3.81. The van der Waals surface area contributed by atoms with E-state index in [-0.39, 0.29) is 25.3 Å². The summed E-state index contributed by atoms with van der Waals surface area (Å²) in [6, 6.07) is 13.8. The van der Waals surface area contributed by atoms with Crippen LogP contribution in [0.4, 0.5) is 5.69 Å². The first-order valence-electron chi connectivity index (χ1n) is 12.7. The van der Waals surface area contributed by atoms with E-state index in [0.717, 1.165) is 41.8 Å². The second-order valence-corrected chi connectivity index (χ2v) is 11.6. The molecule has 37 heavy (non-hydrogen) atoms. The largest absolute Gasteiger partial charge is 0.454 e. The minimum Gasteiger partial charge on any atom is -0.454 e. The van der Waals surface area contributed by atoms with Crippen molar-refractivity contribution < 1.29 is 27.5 Å². The number of fused-ring (bicyclic) bond motifs is 1. The number of carbonyl (C=O) groups excluding carboxylic acids is 2. The fourth-order valence-electron chi connectivity index (χ4n) is 4.79. The molecule has 1 fully saturated rings. The molecule has 1 aliphatic heterocycles. The van der Waals surface area contributed by atoms with Crippen LogP contribution in [-0.4, -0.2) is 63.4 Å². The van der Waals surface area contributed by atoms with E-state index in [1.165, 1.54) is 11.3 Å². The molecule has 2 aliphatic rings. The van der Waals surface area contributed by atoms with Crippen LogP contribution in [0.1, 0.15) is 44.6 Å². The number of hydrogen-bond donors (Lipinski definition) is 1. The van der Waals surface area contributed by atoms with E-state index in [9.17, 15) is 18.0 Å². The fraction of sp³-hybridized carbons (Fsp3) is 0.481. The monoisotopic (exact) mass is 529 g/mol. The maximum Gasteiger partial charge on any atom is 0.244 e. The standard InChI is InChI=1S/C27H35N3O6S/c1-20(27(32)28-22-11-7-4-8-12-22)29(16-15-21-9-5-3-6-10-21)26(31)18-30(37(2,33)34)23-13-14-24-25(17-23)36-19-35-24/h3,5-6,9-10,13-14,17,20,22H,4,7-8,11-12,15-16,18-19H2,1-2H3,(H,28,32). The molecule has 0 bridgehead atoms. The quantitative estimate of drug-likeness (QED) is 0.507. The molecule has 2 aromatic carbocycles. The lowest BCUT2D eigenvalue weighted by Crippen LogP contribution is -2.53. The van der Waals surface area contributed by atoms with Gasteiger partial charge in [0, 0.05) is 18.7 Å². The van der Waals surface area contributed by atoms with Crippen molar-refractivity contribution >= 4 is 27.5 Å². The van der Waals surface area contributed by atoms with E-state index < -0.39 is 28.5 Å². The second-order valence-electron chi connectivity index (χ2n) is 9.65. The molecular formula is C27H35N3O6S. The molecule has 1 aliphatic carbocycles. The van der Waals surface area contributed by atoms with Crippen LogP contribution in [0.3, 0.4) is 0 Å². The average Bonchev–Trinajstić information content (AvgIpc) is 3.36. The van der Waals surface area contributed by atoms with Gasteiger partial charge < -0.3 is 19.7 Å². The van der Waals surface area contributed by atoms with Gasteiger partial charge >= 0.3 is 0 Å². The highest BCUT2D eigenvalue weighted by Gasteiger charge is 2.31. The Labute approximate surface area is 218 Å². The molecule has 2 amide bonds. The first-order chi connectivity index (χ1) is 17.7. The summed E-state index contributed by atoms with van der Waals surface area (Å²) in [6.45, 7) is 1.60. The number of ether oxygens (including phenoxy) is 2. The maximum absolute atomic E-state index is 13.7. The third-order valence-electron chi connectivity index (χ3n) is 6.93. The number of anilines is 1. The fourth-order valence-corrected chi connectivity index (χ4v) is 5.63. The SMILES string of the molecule is CC(C(=O)NC1CCCCC1)N(CCc1ccccc1)C(=O)CN(c1ccc2c(c1)OCO2)S(C)(=O)=O. The molecule has 0 spiro atoms. The molecule has 10 heteroatoms. The molecule has 1 saturated carbocycles. The Morgan fingerprint density at radius 2 is 1.73 bits per heavy atom. The predicted octanol–water partition coefficient (Wildman–Crippen LogP) is 3.09. The second kappa shape index (κ2) is 11.9. The van der Waals surface area contributed by atoms with Crippen molar-refractivity contribution in [3.05, 3.63) is 54.1 Å². The van der Waals surface area contributed by atoms with Gasteiger partial charge in [-0.05, 0) is 43.9 Å². The highest BCUT2D eigenvalue weighted by Crippen LogP contribution is 2.36. The molecule has 9 nitrogen and oxygen atoms in total. The third-order valence-corrected chi connectivity index (χ3v) is 8.07. The maximum atomic E-state index is 13.7. The van der Waals surface area contributed by atoms with Crippen LogP contribution in [0.25, 0.3) is 0 Å². The van der Waals surface area contributed by atoms with Crippen LogP contribution in [0.5, 0.6) is 11.5 Å². The van der Waals surface area contributed by atoms with Gasteiger partial charge in [-0.25, -0.2) is 8.42 Å².